The molecular weight excluding hydrogens is 324 g/mol. The summed E-state index contributed by atoms with van der Waals surface area (Å²) in [5.41, 5.74) is -0.663. The number of carbonyl (C=O) groups excluding carboxylic acids is 3. The number of alkyl carbamates (subject to hydrolysis) is 1. The van der Waals surface area contributed by atoms with Crippen LogP contribution in [0.15, 0.2) is 0 Å². The Bertz CT molecular complexity index is 467. The Morgan fingerprint density at radius 3 is 1.64 bits per heavy atom. The van der Waals surface area contributed by atoms with Crippen LogP contribution in [0.3, 0.4) is 0 Å². The zero-order chi connectivity index (χ0) is 19.9. The highest BCUT2D eigenvalue weighted by Gasteiger charge is 2.32. The fraction of sp³-hybridized carbons (Fsp3) is 0.833. The number of amides is 2. The van der Waals surface area contributed by atoms with E-state index >= 15 is 0 Å². The van der Waals surface area contributed by atoms with E-state index in [9.17, 15) is 14.4 Å². The molecule has 0 saturated carbocycles. The number of carbonyl (C=O) groups is 3. The topological polar surface area (TPSA) is 93.7 Å². The van der Waals surface area contributed by atoms with Gasteiger partial charge in [-0.2, -0.15) is 0 Å². The quantitative estimate of drug-likeness (QED) is 0.682. The Balaban J connectivity index is 5.07. The van der Waals surface area contributed by atoms with E-state index in [0.717, 1.165) is 0 Å². The van der Waals surface area contributed by atoms with Crippen molar-refractivity contribution in [3.63, 3.8) is 0 Å². The van der Waals surface area contributed by atoms with Gasteiger partial charge in [-0.1, -0.05) is 27.7 Å². The van der Waals surface area contributed by atoms with Gasteiger partial charge in [-0.05, 0) is 46.5 Å². The van der Waals surface area contributed by atoms with E-state index in [2.05, 4.69) is 10.6 Å². The average molecular weight is 358 g/mol. The fourth-order valence-corrected chi connectivity index (χ4v) is 2.02. The monoisotopic (exact) mass is 358 g/mol. The van der Waals surface area contributed by atoms with Gasteiger partial charge >= 0.3 is 12.1 Å². The van der Waals surface area contributed by atoms with E-state index in [1.165, 1.54) is 0 Å². The van der Waals surface area contributed by atoms with Gasteiger partial charge in [0.15, 0.2) is 0 Å². The van der Waals surface area contributed by atoms with Crippen LogP contribution in [0.4, 0.5) is 4.79 Å². The molecule has 2 atom stereocenters. The fourth-order valence-electron chi connectivity index (χ4n) is 2.02. The number of hydrogen-bond donors (Lipinski definition) is 2. The van der Waals surface area contributed by atoms with Crippen LogP contribution in [-0.2, 0) is 19.1 Å². The zero-order valence-electron chi connectivity index (χ0n) is 16.9. The molecule has 0 heterocycles. The van der Waals surface area contributed by atoms with E-state index in [-0.39, 0.29) is 17.9 Å². The van der Waals surface area contributed by atoms with Gasteiger partial charge < -0.3 is 20.1 Å². The SMILES string of the molecule is CC(C)OC(=O)[C@@H](NC(=O)[C@@H](NC(=O)OC(C)(C)C)C(C)C)C(C)C. The molecule has 0 aliphatic carbocycles. The second kappa shape index (κ2) is 9.63. The van der Waals surface area contributed by atoms with E-state index < -0.39 is 35.7 Å². The molecule has 0 aromatic carbocycles. The van der Waals surface area contributed by atoms with Gasteiger partial charge in [-0.15, -0.1) is 0 Å². The Morgan fingerprint density at radius 1 is 0.800 bits per heavy atom. The maximum Gasteiger partial charge on any atom is 0.408 e. The second-order valence-electron chi connectivity index (χ2n) is 8.08. The molecule has 2 amide bonds. The van der Waals surface area contributed by atoms with Crippen molar-refractivity contribution in [3.05, 3.63) is 0 Å². The van der Waals surface area contributed by atoms with E-state index in [4.69, 9.17) is 9.47 Å². The standard InChI is InChI=1S/C18H34N2O5/c1-10(2)13(20-17(23)25-18(7,8)9)15(21)19-14(11(3)4)16(22)24-12(5)6/h10-14H,1-9H3,(H,19,21)(H,20,23)/t13-,14-/m0/s1. The molecule has 0 fully saturated rings. The number of rotatable bonds is 7. The molecule has 0 aliphatic rings. The lowest BCUT2D eigenvalue weighted by molar-refractivity contribution is -0.153. The minimum absolute atomic E-state index is 0.149. The Labute approximate surface area is 151 Å². The number of esters is 1. The van der Waals surface area contributed by atoms with Crippen LogP contribution in [-0.4, -0.2) is 41.8 Å². The minimum Gasteiger partial charge on any atom is -0.461 e. The number of ether oxygens (including phenoxy) is 2. The van der Waals surface area contributed by atoms with Crippen LogP contribution in [0, 0.1) is 11.8 Å². The maximum absolute atomic E-state index is 12.6. The number of hydrogen-bond acceptors (Lipinski definition) is 5. The van der Waals surface area contributed by atoms with E-state index in [0.29, 0.717) is 0 Å². The molecule has 0 rings (SSSR count). The lowest BCUT2D eigenvalue weighted by Crippen LogP contribution is -2.55. The summed E-state index contributed by atoms with van der Waals surface area (Å²) in [6, 6.07) is -1.60. The molecule has 2 N–H and O–H groups in total. The van der Waals surface area contributed by atoms with Crippen molar-refractivity contribution in [1.82, 2.24) is 10.6 Å². The molecule has 0 bridgehead atoms. The van der Waals surface area contributed by atoms with Gasteiger partial charge in [-0.3, -0.25) is 4.79 Å². The number of nitrogens with one attached hydrogen (secondary N) is 2. The molecule has 7 nitrogen and oxygen atoms in total. The van der Waals surface area contributed by atoms with Gasteiger partial charge in [-0.25, -0.2) is 9.59 Å². The summed E-state index contributed by atoms with van der Waals surface area (Å²) in [6.07, 6.45) is -0.946. The first-order valence-electron chi connectivity index (χ1n) is 8.75. The summed E-state index contributed by atoms with van der Waals surface area (Å²) >= 11 is 0. The summed E-state index contributed by atoms with van der Waals surface area (Å²) in [5.74, 6) is -1.26. The van der Waals surface area contributed by atoms with Crippen molar-refractivity contribution < 1.29 is 23.9 Å². The van der Waals surface area contributed by atoms with Crippen LogP contribution in [0.1, 0.15) is 62.3 Å². The molecule has 0 spiro atoms. The van der Waals surface area contributed by atoms with Gasteiger partial charge in [0, 0.05) is 0 Å². The Kier molecular flexibility index (Phi) is 8.94. The van der Waals surface area contributed by atoms with Crippen molar-refractivity contribution in [3.8, 4) is 0 Å². The van der Waals surface area contributed by atoms with Crippen LogP contribution in [0.25, 0.3) is 0 Å². The van der Waals surface area contributed by atoms with Crippen molar-refractivity contribution in [2.45, 2.75) is 86.1 Å². The molecular formula is C18H34N2O5. The predicted molar refractivity (Wildman–Crippen MR) is 96.0 cm³/mol. The smallest absolute Gasteiger partial charge is 0.408 e. The molecule has 25 heavy (non-hydrogen) atoms. The molecule has 0 saturated heterocycles. The third-order valence-corrected chi connectivity index (χ3v) is 3.19. The first kappa shape index (κ1) is 23.2. The van der Waals surface area contributed by atoms with E-state index in [1.807, 2.05) is 13.8 Å². The first-order chi connectivity index (χ1) is 11.2. The first-order valence-corrected chi connectivity index (χ1v) is 8.75. The second-order valence-corrected chi connectivity index (χ2v) is 8.08. The van der Waals surface area contributed by atoms with Gasteiger partial charge in [0.25, 0.3) is 0 Å². The Morgan fingerprint density at radius 2 is 1.28 bits per heavy atom. The van der Waals surface area contributed by atoms with Crippen LogP contribution < -0.4 is 10.6 Å². The summed E-state index contributed by atoms with van der Waals surface area (Å²) in [4.78, 5) is 36.8. The molecule has 146 valence electrons. The van der Waals surface area contributed by atoms with Crippen molar-refractivity contribution >= 4 is 18.0 Å². The van der Waals surface area contributed by atoms with Crippen LogP contribution in [0.5, 0.6) is 0 Å². The third-order valence-electron chi connectivity index (χ3n) is 3.19. The summed E-state index contributed by atoms with van der Waals surface area (Å²) < 4.78 is 10.4. The van der Waals surface area contributed by atoms with Crippen LogP contribution >= 0.6 is 0 Å². The minimum atomic E-state index is -0.817. The molecule has 0 aromatic heterocycles. The highest BCUT2D eigenvalue weighted by Crippen LogP contribution is 2.11. The van der Waals surface area contributed by atoms with Gasteiger partial charge in [0.2, 0.25) is 5.91 Å². The maximum atomic E-state index is 12.6. The predicted octanol–water partition coefficient (Wildman–Crippen LogP) is 2.63. The normalized spacial score (nSPS) is 14.2. The van der Waals surface area contributed by atoms with Gasteiger partial charge in [0.05, 0.1) is 6.10 Å². The molecule has 0 unspecified atom stereocenters. The third kappa shape index (κ3) is 9.31. The summed E-state index contributed by atoms with van der Waals surface area (Å²) in [5, 5.41) is 5.26. The summed E-state index contributed by atoms with van der Waals surface area (Å²) in [6.45, 7) is 16.0. The molecule has 0 radical (unpaired) electrons. The van der Waals surface area contributed by atoms with Gasteiger partial charge in [0.1, 0.15) is 17.7 Å². The lowest BCUT2D eigenvalue weighted by Gasteiger charge is -2.28. The van der Waals surface area contributed by atoms with Crippen LogP contribution in [0.2, 0.25) is 0 Å². The zero-order valence-corrected chi connectivity index (χ0v) is 16.9. The molecule has 7 heteroatoms. The average Bonchev–Trinajstić information content (AvgIpc) is 2.38. The summed E-state index contributed by atoms with van der Waals surface area (Å²) in [7, 11) is 0. The lowest BCUT2D eigenvalue weighted by atomic mass is 10.0. The molecule has 0 aromatic rings. The molecule has 0 aliphatic heterocycles. The largest absolute Gasteiger partial charge is 0.461 e. The highest BCUT2D eigenvalue weighted by atomic mass is 16.6. The van der Waals surface area contributed by atoms with Crippen molar-refractivity contribution in [2.75, 3.05) is 0 Å². The highest BCUT2D eigenvalue weighted by molar-refractivity contribution is 5.90. The Hall–Kier alpha value is -1.79. The van der Waals surface area contributed by atoms with Crippen molar-refractivity contribution in [1.29, 1.82) is 0 Å². The van der Waals surface area contributed by atoms with E-state index in [1.54, 1.807) is 48.5 Å². The van der Waals surface area contributed by atoms with Crippen molar-refractivity contribution in [2.24, 2.45) is 11.8 Å².